The molecule has 0 spiro atoms. The van der Waals surface area contributed by atoms with Crippen LogP contribution in [0.2, 0.25) is 0 Å². The van der Waals surface area contributed by atoms with Crippen LogP contribution in [0.25, 0.3) is 0 Å². The lowest BCUT2D eigenvalue weighted by molar-refractivity contribution is -0.385. The molecule has 0 saturated carbocycles. The Morgan fingerprint density at radius 1 is 0.380 bits per heavy atom. The predicted molar refractivity (Wildman–Crippen MR) is 197 cm³/mol. The summed E-state index contributed by atoms with van der Waals surface area (Å²) in [7, 11) is -9.92. The first-order chi connectivity index (χ1) is 24.4. The van der Waals surface area contributed by atoms with Gasteiger partial charge in [-0.05, 0) is 31.7 Å². The minimum Gasteiger partial charge on any atom is -0.423 e. The van der Waals surface area contributed by atoms with Crippen molar-refractivity contribution in [1.29, 1.82) is 0 Å². The second-order valence-electron chi connectivity index (χ2n) is 11.5. The largest absolute Gasteiger partial charge is 0.476 e. The Morgan fingerprint density at radius 2 is 0.620 bits per heavy atom. The number of nitro benzene ring substituents is 2. The molecule has 0 amide bonds. The van der Waals surface area contributed by atoms with Crippen molar-refractivity contribution in [2.45, 2.75) is 0 Å². The van der Waals surface area contributed by atoms with E-state index in [1.165, 1.54) is 24.3 Å². The van der Waals surface area contributed by atoms with Crippen LogP contribution in [0.1, 0.15) is 0 Å². The van der Waals surface area contributed by atoms with Crippen LogP contribution in [-0.4, -0.2) is 41.2 Å². The van der Waals surface area contributed by atoms with Crippen LogP contribution >= 0.6 is 0 Å². The van der Waals surface area contributed by atoms with Crippen LogP contribution in [-0.2, 0) is 17.4 Å². The normalized spacial score (nSPS) is 15.4. The number of hydrogen-bond acceptors (Lipinski definition) is 8. The molecule has 0 aliphatic carbocycles. The Labute approximate surface area is 291 Å². The fourth-order valence-corrected chi connectivity index (χ4v) is 12.5. The van der Waals surface area contributed by atoms with Crippen LogP contribution < -0.4 is 31.7 Å². The molecule has 0 aromatic heterocycles. The van der Waals surface area contributed by atoms with E-state index in [0.717, 1.165) is 20.7 Å². The van der Waals surface area contributed by atoms with E-state index in [0.29, 0.717) is 10.9 Å². The van der Waals surface area contributed by atoms with Crippen molar-refractivity contribution >= 4 is 74.4 Å². The van der Waals surface area contributed by atoms with Gasteiger partial charge in [-0.25, -0.2) is 0 Å². The van der Waals surface area contributed by atoms with Crippen molar-refractivity contribution in [3.8, 4) is 0 Å². The Hall–Kier alpha value is -5.48. The molecular formula is C36H28B2N2O8Si2. The first-order valence-corrected chi connectivity index (χ1v) is 19.4. The van der Waals surface area contributed by atoms with Crippen molar-refractivity contribution in [3.63, 3.8) is 0 Å². The zero-order chi connectivity index (χ0) is 34.6. The third kappa shape index (κ3) is 6.46. The molecule has 14 heteroatoms. The topological polar surface area (TPSA) is 123 Å². The molecule has 0 unspecified atom stereocenters. The van der Waals surface area contributed by atoms with Crippen molar-refractivity contribution < 1.29 is 27.2 Å². The van der Waals surface area contributed by atoms with Gasteiger partial charge in [0.25, 0.3) is 11.4 Å². The third-order valence-corrected chi connectivity index (χ3v) is 15.0. The molecule has 50 heavy (non-hydrogen) atoms. The molecule has 7 rings (SSSR count). The standard InChI is InChI=1S/C36H28B2N2O8Si2/c41-39(42)31-25-21-29(22-26-31)37-45-49(33-13-5-1-6-14-33,34-15-7-2-8-16-34)46-38(30-23-27-32(28-24-30)40(43)44)48-50(47-37,35-17-9-3-10-18-35)36-19-11-4-12-20-36/h1-28H. The number of nitro groups is 2. The van der Waals surface area contributed by atoms with E-state index in [9.17, 15) is 20.2 Å². The van der Waals surface area contributed by atoms with Gasteiger partial charge in [0.1, 0.15) is 0 Å². The zero-order valence-corrected chi connectivity index (χ0v) is 28.5. The third-order valence-electron chi connectivity index (χ3n) is 8.46. The van der Waals surface area contributed by atoms with Crippen molar-refractivity contribution in [2.24, 2.45) is 0 Å². The number of rotatable bonds is 8. The molecule has 0 bridgehead atoms. The molecular weight excluding hydrogens is 666 g/mol. The lowest BCUT2D eigenvalue weighted by atomic mass is 9.80. The average molecular weight is 694 g/mol. The smallest absolute Gasteiger partial charge is 0.423 e. The number of hydrogen-bond donors (Lipinski definition) is 0. The van der Waals surface area contributed by atoms with E-state index >= 15 is 0 Å². The van der Waals surface area contributed by atoms with Gasteiger partial charge in [-0.15, -0.1) is 0 Å². The minimum atomic E-state index is -3.84. The summed E-state index contributed by atoms with van der Waals surface area (Å²) in [6, 6.07) is 50.4. The molecule has 6 aromatic carbocycles. The van der Waals surface area contributed by atoms with E-state index in [1.807, 2.05) is 121 Å². The van der Waals surface area contributed by atoms with E-state index in [-0.39, 0.29) is 11.4 Å². The fraction of sp³-hybridized carbons (Fsp3) is 0. The number of non-ortho nitro benzene ring substituents is 2. The molecule has 1 heterocycles. The van der Waals surface area contributed by atoms with Gasteiger partial charge in [-0.3, -0.25) is 20.2 Å². The van der Waals surface area contributed by atoms with Crippen LogP contribution in [0.4, 0.5) is 11.4 Å². The zero-order valence-electron chi connectivity index (χ0n) is 26.5. The highest BCUT2D eigenvalue weighted by molar-refractivity contribution is 7.06. The summed E-state index contributed by atoms with van der Waals surface area (Å²) in [6.45, 7) is 0. The summed E-state index contributed by atoms with van der Waals surface area (Å²) in [6.07, 6.45) is 0. The van der Waals surface area contributed by atoms with Gasteiger partial charge in [0.15, 0.2) is 0 Å². The molecule has 1 aliphatic rings. The summed E-state index contributed by atoms with van der Waals surface area (Å²) in [4.78, 5) is 22.4. The van der Waals surface area contributed by atoms with Gasteiger partial charge >= 0.3 is 31.4 Å². The lowest BCUT2D eigenvalue weighted by Crippen LogP contribution is -2.78. The van der Waals surface area contributed by atoms with Gasteiger partial charge in [0.2, 0.25) is 0 Å². The maximum atomic E-state index is 11.6. The second kappa shape index (κ2) is 14.2. The molecule has 0 N–H and O–H groups in total. The first-order valence-electron chi connectivity index (χ1n) is 15.8. The molecule has 6 aromatic rings. The molecule has 1 saturated heterocycles. The summed E-state index contributed by atoms with van der Waals surface area (Å²) in [5.41, 5.74) is 0.914. The quantitative estimate of drug-likeness (QED) is 0.135. The molecule has 1 aliphatic heterocycles. The van der Waals surface area contributed by atoms with E-state index in [1.54, 1.807) is 24.3 Å². The first kappa shape index (κ1) is 33.0. The summed E-state index contributed by atoms with van der Waals surface area (Å²) in [5.74, 6) is 0. The maximum Gasteiger partial charge on any atom is 0.476 e. The van der Waals surface area contributed by atoms with Crippen LogP contribution in [0.15, 0.2) is 170 Å². The minimum absolute atomic E-state index is 0.0745. The van der Waals surface area contributed by atoms with E-state index < -0.39 is 41.2 Å². The predicted octanol–water partition coefficient (Wildman–Crippen LogP) is 3.19. The van der Waals surface area contributed by atoms with Crippen molar-refractivity contribution in [3.05, 3.63) is 190 Å². The van der Waals surface area contributed by atoms with Gasteiger partial charge in [-0.1, -0.05) is 146 Å². The SMILES string of the molecule is O=[N+]([O-])c1ccc(B2O[Si](c3ccccc3)(c3ccccc3)OB(c3ccc([N+](=O)[O-])cc3)O[Si](c3ccccc3)(c3ccccc3)O2)cc1. The summed E-state index contributed by atoms with van der Waals surface area (Å²) >= 11 is 0. The Kier molecular flexibility index (Phi) is 9.36. The molecule has 0 radical (unpaired) electrons. The van der Waals surface area contributed by atoms with Gasteiger partial charge in [-0.2, -0.15) is 0 Å². The average Bonchev–Trinajstić information content (AvgIpc) is 3.17. The Balaban J connectivity index is 1.51. The van der Waals surface area contributed by atoms with Crippen molar-refractivity contribution in [1.82, 2.24) is 0 Å². The number of benzene rings is 6. The summed E-state index contributed by atoms with van der Waals surface area (Å²) < 4.78 is 29.3. The highest BCUT2D eigenvalue weighted by Crippen LogP contribution is 2.24. The molecule has 0 atom stereocenters. The summed E-state index contributed by atoms with van der Waals surface area (Å²) in [5, 5.41) is 26.3. The molecule has 10 nitrogen and oxygen atoms in total. The Morgan fingerprint density at radius 3 is 0.840 bits per heavy atom. The molecule has 1 fully saturated rings. The highest BCUT2D eigenvalue weighted by atomic mass is 28.4. The van der Waals surface area contributed by atoms with Gasteiger partial charge in [0.05, 0.1) is 9.85 Å². The monoisotopic (exact) mass is 694 g/mol. The second-order valence-corrected chi connectivity index (χ2v) is 17.2. The lowest BCUT2D eigenvalue weighted by Gasteiger charge is -2.44. The van der Waals surface area contributed by atoms with Crippen molar-refractivity contribution in [2.75, 3.05) is 0 Å². The van der Waals surface area contributed by atoms with Gasteiger partial charge < -0.3 is 17.4 Å². The van der Waals surface area contributed by atoms with E-state index in [2.05, 4.69) is 0 Å². The maximum absolute atomic E-state index is 11.6. The van der Waals surface area contributed by atoms with Gasteiger partial charge in [0, 0.05) is 24.3 Å². The fourth-order valence-electron chi connectivity index (χ4n) is 5.99. The van der Waals surface area contributed by atoms with E-state index in [4.69, 9.17) is 17.4 Å². The highest BCUT2D eigenvalue weighted by Gasteiger charge is 2.58. The Bertz CT molecular complexity index is 1840. The van der Waals surface area contributed by atoms with Crippen LogP contribution in [0.3, 0.4) is 0 Å². The number of nitrogens with zero attached hydrogens (tertiary/aromatic N) is 2. The van der Waals surface area contributed by atoms with Crippen LogP contribution in [0.5, 0.6) is 0 Å². The van der Waals surface area contributed by atoms with Crippen LogP contribution in [0, 0.1) is 20.2 Å². The molecule has 244 valence electrons.